The van der Waals surface area contributed by atoms with E-state index in [-0.39, 0.29) is 24.5 Å². The summed E-state index contributed by atoms with van der Waals surface area (Å²) in [5.74, 6) is -0.473. The molecule has 0 aliphatic heterocycles. The highest BCUT2D eigenvalue weighted by Gasteiger charge is 2.17. The minimum absolute atomic E-state index is 0.0742. The van der Waals surface area contributed by atoms with Gasteiger partial charge in [-0.25, -0.2) is 0 Å². The molecule has 0 saturated carbocycles. The van der Waals surface area contributed by atoms with Gasteiger partial charge in [-0.1, -0.05) is 13.3 Å². The molecule has 0 saturated heterocycles. The summed E-state index contributed by atoms with van der Waals surface area (Å²) >= 11 is 0. The Bertz CT molecular complexity index is 259. The molecule has 2 amide bonds. The van der Waals surface area contributed by atoms with E-state index < -0.39 is 5.91 Å². The van der Waals surface area contributed by atoms with Gasteiger partial charge in [0.1, 0.15) is 0 Å². The van der Waals surface area contributed by atoms with E-state index in [2.05, 4.69) is 12.2 Å². The van der Waals surface area contributed by atoms with Crippen LogP contribution in [0.2, 0.25) is 0 Å². The van der Waals surface area contributed by atoms with E-state index in [1.807, 2.05) is 20.8 Å². The smallest absolute Gasteiger partial charge is 0.234 e. The summed E-state index contributed by atoms with van der Waals surface area (Å²) in [6, 6.07) is 0. The number of rotatable bonds is 7. The van der Waals surface area contributed by atoms with Crippen LogP contribution in [0.25, 0.3) is 0 Å². The zero-order valence-corrected chi connectivity index (χ0v) is 11.4. The van der Waals surface area contributed by atoms with Gasteiger partial charge < -0.3 is 11.1 Å². The molecule has 0 aliphatic rings. The predicted octanol–water partition coefficient (Wildman–Crippen LogP) is 0.489. The van der Waals surface area contributed by atoms with Crippen LogP contribution in [0.3, 0.4) is 0 Å². The van der Waals surface area contributed by atoms with Crippen molar-refractivity contribution in [2.75, 3.05) is 19.6 Å². The molecule has 0 aliphatic carbocycles. The lowest BCUT2D eigenvalue weighted by atomic mass is 10.1. The van der Waals surface area contributed by atoms with Gasteiger partial charge in [-0.15, -0.1) is 0 Å². The van der Waals surface area contributed by atoms with E-state index in [1.54, 1.807) is 4.90 Å². The van der Waals surface area contributed by atoms with Gasteiger partial charge in [0.05, 0.1) is 13.1 Å². The second kappa shape index (κ2) is 7.27. The topological polar surface area (TPSA) is 75.4 Å². The molecule has 100 valence electrons. The lowest BCUT2D eigenvalue weighted by Crippen LogP contribution is -2.47. The zero-order chi connectivity index (χ0) is 13.5. The predicted molar refractivity (Wildman–Crippen MR) is 68.4 cm³/mol. The molecule has 0 radical (unpaired) electrons. The number of amides is 2. The standard InChI is InChI=1S/C12H25N3O2/c1-5-6-7-15(8-10(13)16)9-11(17)14-12(2,3)4/h5-9H2,1-4H3,(H2,13,16)(H,14,17). The molecule has 0 spiro atoms. The van der Waals surface area contributed by atoms with Gasteiger partial charge in [0.25, 0.3) is 0 Å². The number of carbonyl (C=O) groups excluding carboxylic acids is 2. The number of nitrogens with one attached hydrogen (secondary N) is 1. The minimum Gasteiger partial charge on any atom is -0.369 e. The first-order valence-corrected chi connectivity index (χ1v) is 6.06. The van der Waals surface area contributed by atoms with Crippen LogP contribution in [0.1, 0.15) is 40.5 Å². The van der Waals surface area contributed by atoms with Crippen molar-refractivity contribution in [1.82, 2.24) is 10.2 Å². The van der Waals surface area contributed by atoms with Crippen molar-refractivity contribution in [3.05, 3.63) is 0 Å². The van der Waals surface area contributed by atoms with Crippen LogP contribution >= 0.6 is 0 Å². The molecule has 0 bridgehead atoms. The van der Waals surface area contributed by atoms with Crippen LogP contribution in [-0.2, 0) is 9.59 Å². The van der Waals surface area contributed by atoms with Crippen LogP contribution in [0.4, 0.5) is 0 Å². The summed E-state index contributed by atoms with van der Waals surface area (Å²) in [4.78, 5) is 24.4. The number of carbonyl (C=O) groups is 2. The van der Waals surface area contributed by atoms with Gasteiger partial charge in [0.15, 0.2) is 0 Å². The van der Waals surface area contributed by atoms with Crippen LogP contribution in [0.15, 0.2) is 0 Å². The van der Waals surface area contributed by atoms with Crippen molar-refractivity contribution in [2.45, 2.75) is 46.1 Å². The molecule has 0 atom stereocenters. The number of unbranched alkanes of at least 4 members (excludes halogenated alkanes) is 1. The molecule has 0 rings (SSSR count). The molecule has 0 aromatic heterocycles. The van der Waals surface area contributed by atoms with Crippen molar-refractivity contribution in [3.63, 3.8) is 0 Å². The second-order valence-corrected chi connectivity index (χ2v) is 5.33. The van der Waals surface area contributed by atoms with E-state index in [1.165, 1.54) is 0 Å². The second-order valence-electron chi connectivity index (χ2n) is 5.33. The Morgan fingerprint density at radius 1 is 1.24 bits per heavy atom. The Balaban J connectivity index is 4.21. The fraction of sp³-hybridized carbons (Fsp3) is 0.833. The van der Waals surface area contributed by atoms with Gasteiger partial charge in [-0.3, -0.25) is 14.5 Å². The lowest BCUT2D eigenvalue weighted by molar-refractivity contribution is -0.125. The van der Waals surface area contributed by atoms with Gasteiger partial charge in [-0.05, 0) is 33.7 Å². The van der Waals surface area contributed by atoms with E-state index in [9.17, 15) is 9.59 Å². The first kappa shape index (κ1) is 15.9. The normalized spacial score (nSPS) is 11.6. The Kier molecular flexibility index (Phi) is 6.80. The third-order valence-electron chi connectivity index (χ3n) is 2.09. The van der Waals surface area contributed by atoms with Crippen LogP contribution in [-0.4, -0.2) is 41.9 Å². The van der Waals surface area contributed by atoms with E-state index in [0.29, 0.717) is 0 Å². The fourth-order valence-electron chi connectivity index (χ4n) is 1.48. The zero-order valence-electron chi connectivity index (χ0n) is 11.4. The lowest BCUT2D eigenvalue weighted by Gasteiger charge is -2.24. The number of nitrogens with zero attached hydrogens (tertiary/aromatic N) is 1. The summed E-state index contributed by atoms with van der Waals surface area (Å²) in [6.07, 6.45) is 1.98. The largest absolute Gasteiger partial charge is 0.369 e. The highest BCUT2D eigenvalue weighted by atomic mass is 16.2. The number of nitrogens with two attached hydrogens (primary N) is 1. The van der Waals surface area contributed by atoms with Crippen molar-refractivity contribution in [3.8, 4) is 0 Å². The maximum absolute atomic E-state index is 11.7. The highest BCUT2D eigenvalue weighted by molar-refractivity contribution is 5.80. The Labute approximate surface area is 104 Å². The molecule has 17 heavy (non-hydrogen) atoms. The van der Waals surface area contributed by atoms with Crippen molar-refractivity contribution < 1.29 is 9.59 Å². The fourth-order valence-corrected chi connectivity index (χ4v) is 1.48. The first-order chi connectivity index (χ1) is 7.74. The average molecular weight is 243 g/mol. The van der Waals surface area contributed by atoms with E-state index in [4.69, 9.17) is 5.73 Å². The molecule has 0 aromatic rings. The third-order valence-corrected chi connectivity index (χ3v) is 2.09. The van der Waals surface area contributed by atoms with Gasteiger partial charge in [0.2, 0.25) is 11.8 Å². The molecule has 5 heteroatoms. The summed E-state index contributed by atoms with van der Waals surface area (Å²) in [6.45, 7) is 8.92. The molecule has 0 heterocycles. The third kappa shape index (κ3) is 9.81. The molecule has 0 aromatic carbocycles. The quantitative estimate of drug-likeness (QED) is 0.683. The Morgan fingerprint density at radius 2 is 1.82 bits per heavy atom. The first-order valence-electron chi connectivity index (χ1n) is 6.06. The molecular formula is C12H25N3O2. The SMILES string of the molecule is CCCCN(CC(N)=O)CC(=O)NC(C)(C)C. The summed E-state index contributed by atoms with van der Waals surface area (Å²) in [7, 11) is 0. The van der Waals surface area contributed by atoms with Crippen LogP contribution in [0.5, 0.6) is 0 Å². The monoisotopic (exact) mass is 243 g/mol. The summed E-state index contributed by atoms with van der Waals surface area (Å²) in [5, 5.41) is 2.87. The minimum atomic E-state index is -0.398. The van der Waals surface area contributed by atoms with Gasteiger partial charge >= 0.3 is 0 Å². The van der Waals surface area contributed by atoms with Crippen molar-refractivity contribution in [1.29, 1.82) is 0 Å². The number of primary amides is 1. The highest BCUT2D eigenvalue weighted by Crippen LogP contribution is 2.00. The van der Waals surface area contributed by atoms with E-state index >= 15 is 0 Å². The maximum Gasteiger partial charge on any atom is 0.234 e. The molecule has 5 nitrogen and oxygen atoms in total. The molecule has 0 unspecified atom stereocenters. The van der Waals surface area contributed by atoms with Gasteiger partial charge in [0, 0.05) is 5.54 Å². The molecular weight excluding hydrogens is 218 g/mol. The Hall–Kier alpha value is -1.10. The van der Waals surface area contributed by atoms with Crippen LogP contribution < -0.4 is 11.1 Å². The number of hydrogen-bond donors (Lipinski definition) is 2. The Morgan fingerprint density at radius 3 is 2.24 bits per heavy atom. The summed E-state index contributed by atoms with van der Waals surface area (Å²) < 4.78 is 0. The van der Waals surface area contributed by atoms with Crippen molar-refractivity contribution in [2.24, 2.45) is 5.73 Å². The van der Waals surface area contributed by atoms with E-state index in [0.717, 1.165) is 19.4 Å². The molecule has 0 fully saturated rings. The number of hydrogen-bond acceptors (Lipinski definition) is 3. The van der Waals surface area contributed by atoms with Crippen molar-refractivity contribution >= 4 is 11.8 Å². The molecule has 3 N–H and O–H groups in total. The maximum atomic E-state index is 11.7. The van der Waals surface area contributed by atoms with Gasteiger partial charge in [-0.2, -0.15) is 0 Å². The average Bonchev–Trinajstić information content (AvgIpc) is 2.09. The van der Waals surface area contributed by atoms with Crippen LogP contribution in [0, 0.1) is 0 Å². The summed E-state index contributed by atoms with van der Waals surface area (Å²) in [5.41, 5.74) is 4.91.